The number of carbonyl (C=O) groups is 1. The summed E-state index contributed by atoms with van der Waals surface area (Å²) >= 11 is 6.30. The van der Waals surface area contributed by atoms with Gasteiger partial charge in [-0.3, -0.25) is 4.79 Å². The molecule has 0 bridgehead atoms. The topological polar surface area (TPSA) is 49.6 Å². The van der Waals surface area contributed by atoms with E-state index in [9.17, 15) is 4.79 Å². The van der Waals surface area contributed by atoms with Crippen LogP contribution in [0.1, 0.15) is 35.1 Å². The number of benzene rings is 3. The van der Waals surface area contributed by atoms with E-state index in [1.54, 1.807) is 0 Å². The molecule has 1 atom stereocenters. The predicted octanol–water partition coefficient (Wildman–Crippen LogP) is 6.40. The molecule has 3 aromatic carbocycles. The molecule has 0 aliphatic carbocycles. The zero-order chi connectivity index (χ0) is 25.7. The van der Waals surface area contributed by atoms with E-state index in [2.05, 4.69) is 66.4 Å². The highest BCUT2D eigenvalue weighted by Gasteiger charge is 2.27. The van der Waals surface area contributed by atoms with Crippen molar-refractivity contribution in [2.45, 2.75) is 32.6 Å². The molecule has 1 fully saturated rings. The van der Waals surface area contributed by atoms with Gasteiger partial charge in [0.25, 0.3) is 0 Å². The first kappa shape index (κ1) is 25.8. The lowest BCUT2D eigenvalue weighted by Gasteiger charge is -2.19. The third-order valence-corrected chi connectivity index (χ3v) is 7.40. The number of carbonyl (C=O) groups excluding carboxylic acids is 1. The number of anilines is 2. The van der Waals surface area contributed by atoms with E-state index in [0.29, 0.717) is 23.0 Å². The van der Waals surface area contributed by atoms with Gasteiger partial charge in [-0.15, -0.1) is 0 Å². The van der Waals surface area contributed by atoms with Crippen molar-refractivity contribution in [2.24, 2.45) is 5.92 Å². The quantitative estimate of drug-likeness (QED) is 0.363. The van der Waals surface area contributed by atoms with Gasteiger partial charge in [0.15, 0.2) is 0 Å². The summed E-state index contributed by atoms with van der Waals surface area (Å²) in [4.78, 5) is 17.1. The number of hydrogen-bond donors (Lipinski definition) is 1. The summed E-state index contributed by atoms with van der Waals surface area (Å²) in [5.41, 5.74) is 13.8. The van der Waals surface area contributed by atoms with E-state index < -0.39 is 0 Å². The van der Waals surface area contributed by atoms with Gasteiger partial charge in [0, 0.05) is 32.9 Å². The van der Waals surface area contributed by atoms with Crippen LogP contribution in [0.5, 0.6) is 0 Å². The number of nitrogens with zero attached hydrogens (tertiary/aromatic N) is 2. The normalized spacial score (nSPS) is 15.8. The van der Waals surface area contributed by atoms with Gasteiger partial charge in [0.1, 0.15) is 0 Å². The summed E-state index contributed by atoms with van der Waals surface area (Å²) in [5.74, 6) is 0.662. The third kappa shape index (κ3) is 6.70. The highest BCUT2D eigenvalue weighted by atomic mass is 35.5. The molecule has 0 saturated carbocycles. The average molecular weight is 502 g/mol. The summed E-state index contributed by atoms with van der Waals surface area (Å²) in [6, 6.07) is 22.6. The Morgan fingerprint density at radius 3 is 2.53 bits per heavy atom. The molecule has 0 aromatic heterocycles. The van der Waals surface area contributed by atoms with Crippen LogP contribution in [0.25, 0.3) is 6.08 Å². The monoisotopic (exact) mass is 501 g/mol. The molecule has 0 radical (unpaired) electrons. The van der Waals surface area contributed by atoms with E-state index in [1.165, 1.54) is 16.7 Å². The lowest BCUT2D eigenvalue weighted by Crippen LogP contribution is -2.30. The smallest absolute Gasteiger partial charge is 0.226 e. The standard InChI is InChI=1S/C31H36ClN3O/c1-22-6-4-5-7-27(22)18-26(16-24-10-13-30(33)29(32)19-24)17-25-14-15-35(21-25)31(36)20-23-8-11-28(12-9-23)34(2)3/h4-13,16,19,25H,14-15,17-18,20-21,33H2,1-3H3/b26-16-. The highest BCUT2D eigenvalue weighted by Crippen LogP contribution is 2.29. The Hall–Kier alpha value is -3.24. The van der Waals surface area contributed by atoms with Crippen LogP contribution in [-0.2, 0) is 17.6 Å². The van der Waals surface area contributed by atoms with Gasteiger partial charge >= 0.3 is 0 Å². The molecule has 2 N–H and O–H groups in total. The van der Waals surface area contributed by atoms with Gasteiger partial charge in [-0.2, -0.15) is 0 Å². The SMILES string of the molecule is Cc1ccccc1C/C(=C\c1ccc(N)c(Cl)c1)CC1CCN(C(=O)Cc2ccc(N(C)C)cc2)C1. The van der Waals surface area contributed by atoms with Crippen molar-refractivity contribution in [3.05, 3.63) is 99.6 Å². The number of aryl methyl sites for hydroxylation is 1. The average Bonchev–Trinajstić information content (AvgIpc) is 3.32. The molecule has 4 nitrogen and oxygen atoms in total. The maximum absolute atomic E-state index is 13.0. The van der Waals surface area contributed by atoms with Crippen LogP contribution < -0.4 is 10.6 Å². The second-order valence-corrected chi connectivity index (χ2v) is 10.5. The molecule has 1 unspecified atom stereocenters. The van der Waals surface area contributed by atoms with Gasteiger partial charge in [0.05, 0.1) is 17.1 Å². The maximum Gasteiger partial charge on any atom is 0.226 e. The number of amides is 1. The zero-order valence-electron chi connectivity index (χ0n) is 21.5. The van der Waals surface area contributed by atoms with E-state index in [-0.39, 0.29) is 5.91 Å². The molecule has 1 heterocycles. The minimum absolute atomic E-state index is 0.213. The molecule has 1 aliphatic rings. The number of rotatable bonds is 8. The van der Waals surface area contributed by atoms with Crippen molar-refractivity contribution in [3.8, 4) is 0 Å². The molecule has 1 saturated heterocycles. The first-order valence-corrected chi connectivity index (χ1v) is 13.0. The largest absolute Gasteiger partial charge is 0.398 e. The number of nitrogens with two attached hydrogens (primary N) is 1. The van der Waals surface area contributed by atoms with Crippen molar-refractivity contribution in [1.82, 2.24) is 4.90 Å². The minimum Gasteiger partial charge on any atom is -0.398 e. The van der Waals surface area contributed by atoms with Crippen LogP contribution in [0.4, 0.5) is 11.4 Å². The van der Waals surface area contributed by atoms with Crippen LogP contribution in [-0.4, -0.2) is 38.0 Å². The Morgan fingerprint density at radius 2 is 1.83 bits per heavy atom. The summed E-state index contributed by atoms with van der Waals surface area (Å²) in [7, 11) is 4.04. The fourth-order valence-corrected chi connectivity index (χ4v) is 5.09. The molecule has 1 aliphatic heterocycles. The Balaban J connectivity index is 1.44. The first-order valence-electron chi connectivity index (χ1n) is 12.6. The minimum atomic E-state index is 0.213. The van der Waals surface area contributed by atoms with Crippen molar-refractivity contribution in [1.29, 1.82) is 0 Å². The molecular formula is C31H36ClN3O. The number of hydrogen-bond acceptors (Lipinski definition) is 3. The Kier molecular flexibility index (Phi) is 8.37. The van der Waals surface area contributed by atoms with Crippen LogP contribution in [0, 0.1) is 12.8 Å². The van der Waals surface area contributed by atoms with Crippen LogP contribution in [0.3, 0.4) is 0 Å². The molecule has 0 spiro atoms. The van der Waals surface area contributed by atoms with Gasteiger partial charge in [0.2, 0.25) is 5.91 Å². The lowest BCUT2D eigenvalue weighted by atomic mass is 9.91. The summed E-state index contributed by atoms with van der Waals surface area (Å²) < 4.78 is 0. The van der Waals surface area contributed by atoms with Gasteiger partial charge in [-0.1, -0.05) is 65.7 Å². The van der Waals surface area contributed by atoms with Gasteiger partial charge in [-0.05, 0) is 78.6 Å². The molecule has 36 heavy (non-hydrogen) atoms. The maximum atomic E-state index is 13.0. The van der Waals surface area contributed by atoms with E-state index in [0.717, 1.165) is 49.2 Å². The van der Waals surface area contributed by atoms with Crippen LogP contribution in [0.2, 0.25) is 5.02 Å². The summed E-state index contributed by atoms with van der Waals surface area (Å²) in [6.07, 6.45) is 5.57. The lowest BCUT2D eigenvalue weighted by molar-refractivity contribution is -0.129. The van der Waals surface area contributed by atoms with Crippen molar-refractivity contribution in [2.75, 3.05) is 37.8 Å². The van der Waals surface area contributed by atoms with Crippen molar-refractivity contribution in [3.63, 3.8) is 0 Å². The fraction of sp³-hybridized carbons (Fsp3) is 0.323. The first-order chi connectivity index (χ1) is 17.3. The molecule has 1 amide bonds. The zero-order valence-corrected chi connectivity index (χ0v) is 22.3. The number of likely N-dealkylation sites (tertiary alicyclic amines) is 1. The van der Waals surface area contributed by atoms with Crippen LogP contribution >= 0.6 is 11.6 Å². The Bertz CT molecular complexity index is 1230. The third-order valence-electron chi connectivity index (χ3n) is 7.07. The van der Waals surface area contributed by atoms with E-state index in [1.807, 2.05) is 37.2 Å². The van der Waals surface area contributed by atoms with Crippen molar-refractivity contribution >= 4 is 35.0 Å². The predicted molar refractivity (Wildman–Crippen MR) is 153 cm³/mol. The van der Waals surface area contributed by atoms with Crippen molar-refractivity contribution < 1.29 is 4.79 Å². The van der Waals surface area contributed by atoms with Crippen LogP contribution in [0.15, 0.2) is 72.3 Å². The number of nitrogen functional groups attached to an aromatic ring is 1. The number of allylic oxidation sites excluding steroid dienone is 1. The summed E-state index contributed by atoms with van der Waals surface area (Å²) in [5, 5.41) is 0.579. The number of halogens is 1. The Labute approximate surface area is 220 Å². The second-order valence-electron chi connectivity index (χ2n) is 10.1. The second kappa shape index (κ2) is 11.7. The van der Waals surface area contributed by atoms with E-state index in [4.69, 9.17) is 17.3 Å². The molecule has 5 heteroatoms. The molecule has 188 valence electrons. The van der Waals surface area contributed by atoms with E-state index >= 15 is 0 Å². The highest BCUT2D eigenvalue weighted by molar-refractivity contribution is 6.33. The van der Waals surface area contributed by atoms with Gasteiger partial charge < -0.3 is 15.5 Å². The molecule has 3 aromatic rings. The van der Waals surface area contributed by atoms with Gasteiger partial charge in [-0.25, -0.2) is 0 Å². The molecular weight excluding hydrogens is 466 g/mol. The Morgan fingerprint density at radius 1 is 1.08 bits per heavy atom. The molecule has 4 rings (SSSR count). The fourth-order valence-electron chi connectivity index (χ4n) is 4.90. The summed E-state index contributed by atoms with van der Waals surface area (Å²) in [6.45, 7) is 3.79.